The van der Waals surface area contributed by atoms with Gasteiger partial charge in [-0.1, -0.05) is 20.1 Å². The second kappa shape index (κ2) is 3.46. The van der Waals surface area contributed by atoms with E-state index in [-0.39, 0.29) is 5.54 Å². The molecule has 2 nitrogen and oxygen atoms in total. The minimum Gasteiger partial charge on any atom is -0.398 e. The molecule has 0 bridgehead atoms. The number of hydrogen-bond acceptors (Lipinski definition) is 2. The van der Waals surface area contributed by atoms with Gasteiger partial charge in [-0.05, 0) is 20.3 Å². The average molecular weight is 154 g/mol. The first kappa shape index (κ1) is 10.1. The molecule has 0 radical (unpaired) electrons. The molecular weight excluding hydrogens is 136 g/mol. The van der Waals surface area contributed by atoms with Gasteiger partial charge in [0.05, 0.1) is 0 Å². The molecule has 0 saturated heterocycles. The fourth-order valence-electron chi connectivity index (χ4n) is 0.577. The molecule has 0 spiro atoms. The zero-order chi connectivity index (χ0) is 9.07. The monoisotopic (exact) mass is 154 g/mol. The van der Waals surface area contributed by atoms with E-state index in [1.807, 2.05) is 0 Å². The van der Waals surface area contributed by atoms with Gasteiger partial charge in [0.2, 0.25) is 0 Å². The molecular formula is C9H18N2. The summed E-state index contributed by atoms with van der Waals surface area (Å²) in [5.74, 6) is 0. The molecule has 64 valence electrons. The molecule has 0 heterocycles. The van der Waals surface area contributed by atoms with Gasteiger partial charge in [0, 0.05) is 16.9 Å². The molecule has 0 fully saturated rings. The highest BCUT2D eigenvalue weighted by Gasteiger charge is 2.14. The van der Waals surface area contributed by atoms with Gasteiger partial charge in [0.1, 0.15) is 0 Å². The van der Waals surface area contributed by atoms with Gasteiger partial charge < -0.3 is 11.1 Å². The summed E-state index contributed by atoms with van der Waals surface area (Å²) in [7, 11) is 0. The molecule has 3 N–H and O–H groups in total. The zero-order valence-electron chi connectivity index (χ0n) is 7.70. The molecule has 0 aromatic heterocycles. The van der Waals surface area contributed by atoms with Crippen molar-refractivity contribution < 1.29 is 0 Å². The van der Waals surface area contributed by atoms with Gasteiger partial charge in [-0.2, -0.15) is 0 Å². The highest BCUT2D eigenvalue weighted by Crippen LogP contribution is 2.10. The lowest BCUT2D eigenvalue weighted by Crippen LogP contribution is -2.38. The van der Waals surface area contributed by atoms with Gasteiger partial charge in [-0.15, -0.1) is 0 Å². The summed E-state index contributed by atoms with van der Waals surface area (Å²) in [4.78, 5) is 0. The fraction of sp³-hybridized carbons (Fsp3) is 0.556. The van der Waals surface area contributed by atoms with E-state index in [9.17, 15) is 0 Å². The van der Waals surface area contributed by atoms with Gasteiger partial charge in [-0.3, -0.25) is 0 Å². The maximum absolute atomic E-state index is 5.44. The molecule has 0 saturated carbocycles. The number of nitrogens with two attached hydrogens (primary N) is 1. The van der Waals surface area contributed by atoms with E-state index in [1.54, 1.807) is 0 Å². The summed E-state index contributed by atoms with van der Waals surface area (Å²) in [6, 6.07) is 0. The molecule has 0 aromatic rings. The Balaban J connectivity index is 4.04. The van der Waals surface area contributed by atoms with E-state index in [0.717, 1.165) is 12.1 Å². The van der Waals surface area contributed by atoms with Crippen LogP contribution in [0.25, 0.3) is 0 Å². The average Bonchev–Trinajstić information content (AvgIpc) is 1.87. The maximum Gasteiger partial charge on any atom is 0.0498 e. The van der Waals surface area contributed by atoms with Crippen LogP contribution in [0.5, 0.6) is 0 Å². The Hall–Kier alpha value is -0.920. The largest absolute Gasteiger partial charge is 0.398 e. The minimum absolute atomic E-state index is 0.0550. The Bertz CT molecular complexity index is 168. The summed E-state index contributed by atoms with van der Waals surface area (Å²) in [6.07, 6.45) is 1.03. The molecule has 2 heteroatoms. The van der Waals surface area contributed by atoms with Crippen molar-refractivity contribution in [1.29, 1.82) is 0 Å². The van der Waals surface area contributed by atoms with E-state index in [2.05, 4.69) is 39.2 Å². The molecule has 0 rings (SSSR count). The normalized spacial score (nSPS) is 10.8. The third kappa shape index (κ3) is 3.71. The van der Waals surface area contributed by atoms with Crippen LogP contribution in [0.1, 0.15) is 27.2 Å². The topological polar surface area (TPSA) is 38.0 Å². The number of rotatable bonds is 4. The van der Waals surface area contributed by atoms with Crippen LogP contribution in [0.3, 0.4) is 0 Å². The minimum atomic E-state index is 0.0550. The van der Waals surface area contributed by atoms with Crippen LogP contribution in [-0.4, -0.2) is 5.54 Å². The van der Waals surface area contributed by atoms with Crippen molar-refractivity contribution in [3.05, 3.63) is 24.6 Å². The summed E-state index contributed by atoms with van der Waals surface area (Å²) in [5.41, 5.74) is 6.72. The highest BCUT2D eigenvalue weighted by atomic mass is 15.0. The lowest BCUT2D eigenvalue weighted by Gasteiger charge is -2.27. The van der Waals surface area contributed by atoms with Crippen molar-refractivity contribution in [2.45, 2.75) is 32.7 Å². The summed E-state index contributed by atoms with van der Waals surface area (Å²) in [5, 5.41) is 3.19. The second-order valence-corrected chi connectivity index (χ2v) is 3.37. The van der Waals surface area contributed by atoms with E-state index in [1.165, 1.54) is 0 Å². The Labute approximate surface area is 69.2 Å². The van der Waals surface area contributed by atoms with Crippen LogP contribution >= 0.6 is 0 Å². The van der Waals surface area contributed by atoms with Crippen LogP contribution in [-0.2, 0) is 0 Å². The first-order valence-electron chi connectivity index (χ1n) is 3.81. The molecule has 11 heavy (non-hydrogen) atoms. The predicted molar refractivity (Wildman–Crippen MR) is 50.0 cm³/mol. The van der Waals surface area contributed by atoms with Crippen LogP contribution in [0.15, 0.2) is 24.6 Å². The second-order valence-electron chi connectivity index (χ2n) is 3.37. The standard InChI is InChI=1S/C9H18N2/c1-6-9(4,5)11-8(3)7(2)10/h11H,2-3,6,10H2,1,4-5H3. The first-order chi connectivity index (χ1) is 4.89. The Morgan fingerprint density at radius 3 is 2.18 bits per heavy atom. The lowest BCUT2D eigenvalue weighted by molar-refractivity contribution is 0.417. The van der Waals surface area contributed by atoms with Crippen LogP contribution < -0.4 is 11.1 Å². The highest BCUT2D eigenvalue weighted by molar-refractivity contribution is 5.21. The predicted octanol–water partition coefficient (Wildman–Crippen LogP) is 1.75. The van der Waals surface area contributed by atoms with Crippen LogP contribution in [0.2, 0.25) is 0 Å². The van der Waals surface area contributed by atoms with Crippen molar-refractivity contribution in [2.24, 2.45) is 5.73 Å². The third-order valence-corrected chi connectivity index (χ3v) is 1.76. The lowest BCUT2D eigenvalue weighted by atomic mass is 10.0. The van der Waals surface area contributed by atoms with E-state index in [4.69, 9.17) is 5.73 Å². The molecule has 0 aromatic carbocycles. The van der Waals surface area contributed by atoms with E-state index in [0.29, 0.717) is 5.70 Å². The third-order valence-electron chi connectivity index (χ3n) is 1.76. The zero-order valence-corrected chi connectivity index (χ0v) is 7.70. The maximum atomic E-state index is 5.44. The summed E-state index contributed by atoms with van der Waals surface area (Å²) < 4.78 is 0. The summed E-state index contributed by atoms with van der Waals surface area (Å²) >= 11 is 0. The van der Waals surface area contributed by atoms with Gasteiger partial charge in [-0.25, -0.2) is 0 Å². The number of nitrogens with one attached hydrogen (secondary N) is 1. The SMILES string of the molecule is C=C(N)C(=C)NC(C)(C)CC. The molecule has 0 aliphatic heterocycles. The van der Waals surface area contributed by atoms with Crippen molar-refractivity contribution in [2.75, 3.05) is 0 Å². The van der Waals surface area contributed by atoms with Crippen molar-refractivity contribution in [3.8, 4) is 0 Å². The number of hydrogen-bond donors (Lipinski definition) is 2. The Morgan fingerprint density at radius 1 is 1.45 bits per heavy atom. The Morgan fingerprint density at radius 2 is 1.91 bits per heavy atom. The van der Waals surface area contributed by atoms with Crippen molar-refractivity contribution >= 4 is 0 Å². The van der Waals surface area contributed by atoms with E-state index < -0.39 is 0 Å². The first-order valence-corrected chi connectivity index (χ1v) is 3.81. The molecule has 0 atom stereocenters. The van der Waals surface area contributed by atoms with Crippen LogP contribution in [0, 0.1) is 0 Å². The van der Waals surface area contributed by atoms with Crippen molar-refractivity contribution in [3.63, 3.8) is 0 Å². The summed E-state index contributed by atoms with van der Waals surface area (Å²) in [6.45, 7) is 13.6. The molecule has 0 amide bonds. The smallest absolute Gasteiger partial charge is 0.0498 e. The van der Waals surface area contributed by atoms with Gasteiger partial charge >= 0.3 is 0 Å². The van der Waals surface area contributed by atoms with Gasteiger partial charge in [0.25, 0.3) is 0 Å². The fourth-order valence-corrected chi connectivity index (χ4v) is 0.577. The van der Waals surface area contributed by atoms with Crippen LogP contribution in [0.4, 0.5) is 0 Å². The molecule has 0 aliphatic rings. The van der Waals surface area contributed by atoms with E-state index >= 15 is 0 Å². The quantitative estimate of drug-likeness (QED) is 0.605. The Kier molecular flexibility index (Phi) is 3.18. The molecule has 0 unspecified atom stereocenters. The molecule has 0 aliphatic carbocycles. The van der Waals surface area contributed by atoms with Gasteiger partial charge in [0.15, 0.2) is 0 Å². The van der Waals surface area contributed by atoms with Crippen molar-refractivity contribution in [1.82, 2.24) is 5.32 Å².